The molecule has 0 spiro atoms. The molecule has 4 nitrogen and oxygen atoms in total. The number of aromatic nitrogens is 2. The van der Waals surface area contributed by atoms with E-state index in [0.29, 0.717) is 11.7 Å². The molecule has 1 aromatic rings. The highest BCUT2D eigenvalue weighted by Gasteiger charge is 2.27. The normalized spacial score (nSPS) is 18.8. The maximum absolute atomic E-state index is 11.1. The Kier molecular flexibility index (Phi) is 4.14. The van der Waals surface area contributed by atoms with Gasteiger partial charge in [0.2, 0.25) is 0 Å². The van der Waals surface area contributed by atoms with Gasteiger partial charge >= 0.3 is 0 Å². The summed E-state index contributed by atoms with van der Waals surface area (Å²) in [7, 11) is -0.794. The van der Waals surface area contributed by atoms with Gasteiger partial charge in [0.05, 0.1) is 0 Å². The van der Waals surface area contributed by atoms with E-state index in [9.17, 15) is 4.21 Å². The SMILES string of the molecule is CC(CS(C)=O)Nc1cc(Br)nc(C2CC2)n1. The van der Waals surface area contributed by atoms with Crippen molar-refractivity contribution in [2.45, 2.75) is 31.7 Å². The van der Waals surface area contributed by atoms with Crippen molar-refractivity contribution in [2.24, 2.45) is 0 Å². The van der Waals surface area contributed by atoms with Gasteiger partial charge in [0.15, 0.2) is 0 Å². The lowest BCUT2D eigenvalue weighted by Crippen LogP contribution is -2.23. The van der Waals surface area contributed by atoms with Crippen molar-refractivity contribution in [1.29, 1.82) is 0 Å². The Labute approximate surface area is 112 Å². The van der Waals surface area contributed by atoms with Crippen LogP contribution in [0.15, 0.2) is 10.7 Å². The Morgan fingerprint density at radius 3 is 2.88 bits per heavy atom. The lowest BCUT2D eigenvalue weighted by Gasteiger charge is -2.13. The lowest BCUT2D eigenvalue weighted by molar-refractivity contribution is 0.682. The second-order valence-electron chi connectivity index (χ2n) is 4.49. The van der Waals surface area contributed by atoms with Crippen molar-refractivity contribution >= 4 is 32.5 Å². The molecule has 1 N–H and O–H groups in total. The molecule has 0 radical (unpaired) electrons. The maximum atomic E-state index is 11.1. The summed E-state index contributed by atoms with van der Waals surface area (Å²) in [4.78, 5) is 8.86. The molecule has 0 aromatic carbocycles. The minimum absolute atomic E-state index is 0.148. The number of nitrogens with zero attached hydrogens (tertiary/aromatic N) is 2. The van der Waals surface area contributed by atoms with Gasteiger partial charge < -0.3 is 5.32 Å². The first kappa shape index (κ1) is 13.0. The minimum Gasteiger partial charge on any atom is -0.367 e. The summed E-state index contributed by atoms with van der Waals surface area (Å²) in [6.07, 6.45) is 4.08. The number of hydrogen-bond acceptors (Lipinski definition) is 4. The van der Waals surface area contributed by atoms with Gasteiger partial charge in [0.1, 0.15) is 16.2 Å². The smallest absolute Gasteiger partial charge is 0.135 e. The highest BCUT2D eigenvalue weighted by Crippen LogP contribution is 2.38. The van der Waals surface area contributed by atoms with Crippen molar-refractivity contribution in [3.63, 3.8) is 0 Å². The first-order valence-corrected chi connectivity index (χ1v) is 8.17. The van der Waals surface area contributed by atoms with Gasteiger partial charge in [-0.05, 0) is 35.7 Å². The van der Waals surface area contributed by atoms with Crippen LogP contribution >= 0.6 is 15.9 Å². The molecule has 0 saturated heterocycles. The molecule has 0 amide bonds. The number of hydrogen-bond donors (Lipinski definition) is 1. The Morgan fingerprint density at radius 1 is 1.59 bits per heavy atom. The predicted octanol–water partition coefficient (Wildman–Crippen LogP) is 2.30. The van der Waals surface area contributed by atoms with Crippen molar-refractivity contribution in [3.8, 4) is 0 Å². The van der Waals surface area contributed by atoms with E-state index in [1.807, 2.05) is 13.0 Å². The third-order valence-electron chi connectivity index (χ3n) is 2.53. The molecule has 1 aliphatic rings. The summed E-state index contributed by atoms with van der Waals surface area (Å²) in [6, 6.07) is 2.01. The first-order chi connectivity index (χ1) is 8.04. The van der Waals surface area contributed by atoms with Crippen molar-refractivity contribution in [2.75, 3.05) is 17.3 Å². The molecule has 1 saturated carbocycles. The fraction of sp³-hybridized carbons (Fsp3) is 0.636. The zero-order chi connectivity index (χ0) is 12.4. The quantitative estimate of drug-likeness (QED) is 0.847. The topological polar surface area (TPSA) is 54.9 Å². The molecular weight excluding hydrogens is 302 g/mol. The van der Waals surface area contributed by atoms with Gasteiger partial charge in [0, 0.05) is 40.8 Å². The zero-order valence-corrected chi connectivity index (χ0v) is 12.3. The van der Waals surface area contributed by atoms with Gasteiger partial charge in [-0.1, -0.05) is 0 Å². The fourth-order valence-electron chi connectivity index (χ4n) is 1.68. The van der Waals surface area contributed by atoms with Crippen LogP contribution in [0.5, 0.6) is 0 Å². The molecule has 94 valence electrons. The van der Waals surface area contributed by atoms with E-state index in [1.54, 1.807) is 6.26 Å². The third-order valence-corrected chi connectivity index (χ3v) is 3.91. The Bertz CT molecular complexity index is 437. The highest BCUT2D eigenvalue weighted by atomic mass is 79.9. The summed E-state index contributed by atoms with van der Waals surface area (Å²) in [5, 5.41) is 3.26. The molecular formula is C11H16BrN3OS. The van der Waals surface area contributed by atoms with Gasteiger partial charge in [-0.15, -0.1) is 0 Å². The largest absolute Gasteiger partial charge is 0.367 e. The molecule has 2 rings (SSSR count). The summed E-state index contributed by atoms with van der Waals surface area (Å²) < 4.78 is 11.9. The van der Waals surface area contributed by atoms with Crippen molar-refractivity contribution < 1.29 is 4.21 Å². The van der Waals surface area contributed by atoms with Gasteiger partial charge in [-0.2, -0.15) is 0 Å². The van der Waals surface area contributed by atoms with E-state index in [4.69, 9.17) is 0 Å². The predicted molar refractivity (Wildman–Crippen MR) is 73.7 cm³/mol. The monoisotopic (exact) mass is 317 g/mol. The number of halogens is 1. The lowest BCUT2D eigenvalue weighted by atomic mass is 10.3. The van der Waals surface area contributed by atoms with E-state index in [2.05, 4.69) is 31.2 Å². The van der Waals surface area contributed by atoms with Gasteiger partial charge in [0.25, 0.3) is 0 Å². The minimum atomic E-state index is -0.794. The molecule has 2 atom stereocenters. The van der Waals surface area contributed by atoms with Crippen molar-refractivity contribution in [3.05, 3.63) is 16.5 Å². The molecule has 1 aromatic heterocycles. The van der Waals surface area contributed by atoms with Crippen LogP contribution in [0.25, 0.3) is 0 Å². The summed E-state index contributed by atoms with van der Waals surface area (Å²) >= 11 is 3.40. The summed E-state index contributed by atoms with van der Waals surface area (Å²) in [5.74, 6) is 2.88. The molecule has 2 unspecified atom stereocenters. The molecule has 17 heavy (non-hydrogen) atoms. The van der Waals surface area contributed by atoms with Gasteiger partial charge in [-0.25, -0.2) is 9.97 Å². The second kappa shape index (κ2) is 5.44. The third kappa shape index (κ3) is 4.03. The molecule has 0 aliphatic heterocycles. The highest BCUT2D eigenvalue weighted by molar-refractivity contribution is 9.10. The molecule has 1 aliphatic carbocycles. The number of nitrogens with one attached hydrogen (secondary N) is 1. The Hall–Kier alpha value is -0.490. The van der Waals surface area contributed by atoms with E-state index in [-0.39, 0.29) is 6.04 Å². The van der Waals surface area contributed by atoms with Crippen LogP contribution in [0, 0.1) is 0 Å². The Morgan fingerprint density at radius 2 is 2.29 bits per heavy atom. The van der Waals surface area contributed by atoms with E-state index in [0.717, 1.165) is 16.2 Å². The van der Waals surface area contributed by atoms with Crippen LogP contribution in [-0.2, 0) is 10.8 Å². The zero-order valence-electron chi connectivity index (χ0n) is 9.94. The fourth-order valence-corrected chi connectivity index (χ4v) is 2.87. The number of rotatable bonds is 5. The van der Waals surface area contributed by atoms with E-state index >= 15 is 0 Å². The van der Waals surface area contributed by atoms with Crippen LogP contribution < -0.4 is 5.32 Å². The standard InChI is InChI=1S/C11H16BrN3OS/c1-7(6-17(2)16)13-10-5-9(12)14-11(15-10)8-3-4-8/h5,7-8H,3-4,6H2,1-2H3,(H,13,14,15). The van der Waals surface area contributed by atoms with Crippen LogP contribution in [0.1, 0.15) is 31.5 Å². The molecule has 6 heteroatoms. The van der Waals surface area contributed by atoms with Crippen molar-refractivity contribution in [1.82, 2.24) is 9.97 Å². The summed E-state index contributed by atoms with van der Waals surface area (Å²) in [6.45, 7) is 2.01. The molecule has 0 bridgehead atoms. The molecule has 1 fully saturated rings. The first-order valence-electron chi connectivity index (χ1n) is 5.65. The Balaban J connectivity index is 2.06. The van der Waals surface area contributed by atoms with Crippen LogP contribution in [0.4, 0.5) is 5.82 Å². The van der Waals surface area contributed by atoms with E-state index < -0.39 is 10.8 Å². The van der Waals surface area contributed by atoms with Crippen LogP contribution in [-0.4, -0.2) is 32.2 Å². The number of anilines is 1. The van der Waals surface area contributed by atoms with Crippen LogP contribution in [0.3, 0.4) is 0 Å². The van der Waals surface area contributed by atoms with E-state index in [1.165, 1.54) is 12.8 Å². The molecule has 1 heterocycles. The summed E-state index contributed by atoms with van der Waals surface area (Å²) in [5.41, 5.74) is 0. The maximum Gasteiger partial charge on any atom is 0.135 e. The average Bonchev–Trinajstić information content (AvgIpc) is 2.97. The average molecular weight is 318 g/mol. The van der Waals surface area contributed by atoms with Gasteiger partial charge in [-0.3, -0.25) is 4.21 Å². The second-order valence-corrected chi connectivity index (χ2v) is 6.79. The van der Waals surface area contributed by atoms with Crippen LogP contribution in [0.2, 0.25) is 0 Å².